The van der Waals surface area contributed by atoms with Crippen molar-refractivity contribution in [3.05, 3.63) is 65.2 Å². The average Bonchev–Trinajstić information content (AvgIpc) is 2.62. The molecule has 1 aliphatic heterocycles. The van der Waals surface area contributed by atoms with Gasteiger partial charge < -0.3 is 15.3 Å². The van der Waals surface area contributed by atoms with Gasteiger partial charge in [0.1, 0.15) is 5.75 Å². The van der Waals surface area contributed by atoms with E-state index >= 15 is 0 Å². The smallest absolute Gasteiger partial charge is 0.253 e. The van der Waals surface area contributed by atoms with Gasteiger partial charge in [-0.1, -0.05) is 24.3 Å². The lowest BCUT2D eigenvalue weighted by atomic mass is 9.90. The van der Waals surface area contributed by atoms with Crippen LogP contribution in [-0.4, -0.2) is 36.1 Å². The quantitative estimate of drug-likeness (QED) is 0.908. The van der Waals surface area contributed by atoms with E-state index in [1.807, 2.05) is 24.3 Å². The first-order chi connectivity index (χ1) is 11.6. The Morgan fingerprint density at radius 2 is 2.08 bits per heavy atom. The molecule has 126 valence electrons. The van der Waals surface area contributed by atoms with Crippen molar-refractivity contribution in [3.63, 3.8) is 0 Å². The summed E-state index contributed by atoms with van der Waals surface area (Å²) in [5.41, 5.74) is 2.87. The number of rotatable bonds is 4. The van der Waals surface area contributed by atoms with Crippen LogP contribution in [0.15, 0.2) is 48.5 Å². The molecule has 1 fully saturated rings. The highest BCUT2D eigenvalue weighted by atomic mass is 16.3. The summed E-state index contributed by atoms with van der Waals surface area (Å²) in [5.74, 6) is 0.715. The molecule has 4 heteroatoms. The van der Waals surface area contributed by atoms with Crippen LogP contribution in [0.1, 0.15) is 40.2 Å². The number of carbonyl (C=O) groups excluding carboxylic acids is 1. The molecule has 1 atom stereocenters. The van der Waals surface area contributed by atoms with Gasteiger partial charge in [-0.3, -0.25) is 4.79 Å². The van der Waals surface area contributed by atoms with Gasteiger partial charge in [0.05, 0.1) is 0 Å². The lowest BCUT2D eigenvalue weighted by Gasteiger charge is -2.24. The molecule has 0 bridgehead atoms. The van der Waals surface area contributed by atoms with Crippen LogP contribution in [0.2, 0.25) is 0 Å². The molecular formula is C20H24N2O2. The van der Waals surface area contributed by atoms with Crippen molar-refractivity contribution in [2.75, 3.05) is 20.1 Å². The molecule has 0 radical (unpaired) electrons. The molecule has 2 aromatic rings. The molecule has 2 aromatic carbocycles. The van der Waals surface area contributed by atoms with Gasteiger partial charge in [0.15, 0.2) is 0 Å². The largest absolute Gasteiger partial charge is 0.508 e. The molecule has 1 heterocycles. The Morgan fingerprint density at radius 3 is 2.83 bits per heavy atom. The second-order valence-electron chi connectivity index (χ2n) is 6.50. The maximum atomic E-state index is 12.7. The van der Waals surface area contributed by atoms with Crippen LogP contribution in [0.5, 0.6) is 5.75 Å². The molecule has 0 saturated carbocycles. The maximum absolute atomic E-state index is 12.7. The van der Waals surface area contributed by atoms with E-state index in [0.717, 1.165) is 24.2 Å². The molecule has 24 heavy (non-hydrogen) atoms. The van der Waals surface area contributed by atoms with Crippen molar-refractivity contribution >= 4 is 5.91 Å². The fourth-order valence-corrected chi connectivity index (χ4v) is 3.28. The van der Waals surface area contributed by atoms with Crippen LogP contribution in [0, 0.1) is 0 Å². The van der Waals surface area contributed by atoms with Crippen molar-refractivity contribution in [1.29, 1.82) is 0 Å². The predicted molar refractivity (Wildman–Crippen MR) is 95.2 cm³/mol. The zero-order valence-corrected chi connectivity index (χ0v) is 14.0. The summed E-state index contributed by atoms with van der Waals surface area (Å²) in [7, 11) is 1.79. The third kappa shape index (κ3) is 3.95. The first kappa shape index (κ1) is 16.5. The van der Waals surface area contributed by atoms with Crippen molar-refractivity contribution < 1.29 is 9.90 Å². The van der Waals surface area contributed by atoms with Crippen LogP contribution in [0.3, 0.4) is 0 Å². The van der Waals surface area contributed by atoms with Gasteiger partial charge in [0.25, 0.3) is 5.91 Å². The molecule has 0 aliphatic carbocycles. The number of phenols is 1. The molecule has 3 rings (SSSR count). The first-order valence-electron chi connectivity index (χ1n) is 8.47. The molecule has 1 saturated heterocycles. The second kappa shape index (κ2) is 7.49. The monoisotopic (exact) mass is 324 g/mol. The zero-order chi connectivity index (χ0) is 16.9. The van der Waals surface area contributed by atoms with E-state index in [9.17, 15) is 9.90 Å². The third-order valence-corrected chi connectivity index (χ3v) is 4.58. The number of phenolic OH excluding ortho intramolecular Hbond substituents is 1. The Hall–Kier alpha value is -2.33. The second-order valence-corrected chi connectivity index (χ2v) is 6.50. The first-order valence-corrected chi connectivity index (χ1v) is 8.47. The number of piperidine rings is 1. The van der Waals surface area contributed by atoms with Gasteiger partial charge in [0.2, 0.25) is 0 Å². The normalized spacial score (nSPS) is 17.5. The van der Waals surface area contributed by atoms with Crippen molar-refractivity contribution in [2.24, 2.45) is 0 Å². The van der Waals surface area contributed by atoms with E-state index in [4.69, 9.17) is 0 Å². The summed E-state index contributed by atoms with van der Waals surface area (Å²) >= 11 is 0. The Kier molecular flexibility index (Phi) is 5.16. The minimum atomic E-state index is 0.00367. The molecule has 2 N–H and O–H groups in total. The summed E-state index contributed by atoms with van der Waals surface area (Å²) in [6, 6.07) is 15.0. The minimum absolute atomic E-state index is 0.00367. The Bertz CT molecular complexity index is 708. The number of hydrogen-bond donors (Lipinski definition) is 2. The van der Waals surface area contributed by atoms with Gasteiger partial charge in [-0.25, -0.2) is 0 Å². The van der Waals surface area contributed by atoms with E-state index in [1.54, 1.807) is 30.1 Å². The third-order valence-electron chi connectivity index (χ3n) is 4.58. The fraction of sp³-hybridized carbons (Fsp3) is 0.350. The van der Waals surface area contributed by atoms with Gasteiger partial charge in [0, 0.05) is 25.7 Å². The number of benzene rings is 2. The van der Waals surface area contributed by atoms with Crippen molar-refractivity contribution in [2.45, 2.75) is 25.3 Å². The van der Waals surface area contributed by atoms with Gasteiger partial charge in [-0.15, -0.1) is 0 Å². The molecule has 0 aromatic heterocycles. The number of nitrogens with zero attached hydrogens (tertiary/aromatic N) is 1. The van der Waals surface area contributed by atoms with Crippen molar-refractivity contribution in [1.82, 2.24) is 10.2 Å². The van der Waals surface area contributed by atoms with E-state index in [0.29, 0.717) is 12.5 Å². The van der Waals surface area contributed by atoms with Gasteiger partial charge >= 0.3 is 0 Å². The molecule has 0 spiro atoms. The number of nitrogens with one attached hydrogen (secondary N) is 1. The Labute approximate surface area is 143 Å². The van der Waals surface area contributed by atoms with Crippen LogP contribution in [0.25, 0.3) is 0 Å². The predicted octanol–water partition coefficient (Wildman–Crippen LogP) is 3.13. The zero-order valence-electron chi connectivity index (χ0n) is 14.0. The van der Waals surface area contributed by atoms with Crippen LogP contribution >= 0.6 is 0 Å². The Balaban J connectivity index is 1.71. The summed E-state index contributed by atoms with van der Waals surface area (Å²) in [4.78, 5) is 14.4. The van der Waals surface area contributed by atoms with Crippen molar-refractivity contribution in [3.8, 4) is 5.75 Å². The highest BCUT2D eigenvalue weighted by molar-refractivity contribution is 5.94. The summed E-state index contributed by atoms with van der Waals surface area (Å²) < 4.78 is 0. The summed E-state index contributed by atoms with van der Waals surface area (Å²) in [6.07, 6.45) is 2.35. The van der Waals surface area contributed by atoms with E-state index < -0.39 is 0 Å². The van der Waals surface area contributed by atoms with E-state index in [2.05, 4.69) is 11.4 Å². The minimum Gasteiger partial charge on any atom is -0.508 e. The van der Waals surface area contributed by atoms with Crippen LogP contribution < -0.4 is 5.32 Å². The molecular weight excluding hydrogens is 300 g/mol. The summed E-state index contributed by atoms with van der Waals surface area (Å²) in [6.45, 7) is 2.54. The van der Waals surface area contributed by atoms with Gasteiger partial charge in [-0.2, -0.15) is 0 Å². The SMILES string of the molecule is CN(Cc1cccc(O)c1)C(=O)c1cccc(C2CCCNC2)c1. The molecule has 4 nitrogen and oxygen atoms in total. The van der Waals surface area contributed by atoms with E-state index in [-0.39, 0.29) is 11.7 Å². The fourth-order valence-electron chi connectivity index (χ4n) is 3.28. The highest BCUT2D eigenvalue weighted by Crippen LogP contribution is 2.24. The standard InChI is InChI=1S/C20H24N2O2/c1-22(14-15-5-2-9-19(23)11-15)20(24)17-7-3-6-16(12-17)18-8-4-10-21-13-18/h2-3,5-7,9,11-12,18,21,23H,4,8,10,13-14H2,1H3. The Morgan fingerprint density at radius 1 is 1.25 bits per heavy atom. The number of amides is 1. The molecule has 1 amide bonds. The van der Waals surface area contributed by atoms with Crippen LogP contribution in [-0.2, 0) is 6.54 Å². The number of carbonyl (C=O) groups is 1. The molecule has 1 aliphatic rings. The van der Waals surface area contributed by atoms with E-state index in [1.165, 1.54) is 18.4 Å². The molecule has 1 unspecified atom stereocenters. The van der Waals surface area contributed by atoms with Crippen LogP contribution in [0.4, 0.5) is 0 Å². The topological polar surface area (TPSA) is 52.6 Å². The average molecular weight is 324 g/mol. The highest BCUT2D eigenvalue weighted by Gasteiger charge is 2.18. The summed E-state index contributed by atoms with van der Waals surface area (Å²) in [5, 5.41) is 13.0. The maximum Gasteiger partial charge on any atom is 0.253 e. The lowest BCUT2D eigenvalue weighted by Crippen LogP contribution is -2.29. The van der Waals surface area contributed by atoms with Gasteiger partial charge in [-0.05, 0) is 60.7 Å². The lowest BCUT2D eigenvalue weighted by molar-refractivity contribution is 0.0785. The number of hydrogen-bond acceptors (Lipinski definition) is 3. The number of aromatic hydroxyl groups is 1.